The summed E-state index contributed by atoms with van der Waals surface area (Å²) in [6, 6.07) is 3.91. The van der Waals surface area contributed by atoms with E-state index < -0.39 is 23.8 Å². The highest BCUT2D eigenvalue weighted by molar-refractivity contribution is 5.98. The van der Waals surface area contributed by atoms with E-state index in [1.807, 2.05) is 0 Å². The fourth-order valence-corrected chi connectivity index (χ4v) is 2.04. The van der Waals surface area contributed by atoms with Gasteiger partial charge in [0.1, 0.15) is 24.1 Å². The van der Waals surface area contributed by atoms with E-state index in [1.54, 1.807) is 32.0 Å². The Balaban J connectivity index is 2.89. The maximum atomic E-state index is 12.5. The molecular weight excluding hydrogens is 328 g/mol. The molecule has 2 amide bonds. The predicted molar refractivity (Wildman–Crippen MR) is 90.7 cm³/mol. The first kappa shape index (κ1) is 20.3. The van der Waals surface area contributed by atoms with Gasteiger partial charge < -0.3 is 24.8 Å². The normalized spacial score (nSPS) is 11.4. The summed E-state index contributed by atoms with van der Waals surface area (Å²) >= 11 is 0. The predicted octanol–water partition coefficient (Wildman–Crippen LogP) is 0.747. The Hall–Kier alpha value is -2.77. The number of carbonyl (C=O) groups excluding carboxylic acids is 3. The first-order valence-electron chi connectivity index (χ1n) is 7.70. The molecule has 1 unspecified atom stereocenters. The minimum atomic E-state index is -0.811. The third kappa shape index (κ3) is 5.98. The molecule has 0 fully saturated rings. The van der Waals surface area contributed by atoms with Crippen LogP contribution in [0.3, 0.4) is 0 Å². The number of amides is 2. The zero-order valence-electron chi connectivity index (χ0n) is 15.0. The second-order valence-corrected chi connectivity index (χ2v) is 5.59. The molecular formula is C17H24N2O6. The maximum Gasteiger partial charge on any atom is 0.325 e. The molecule has 1 atom stereocenters. The van der Waals surface area contributed by atoms with Gasteiger partial charge in [0.2, 0.25) is 5.91 Å². The molecule has 8 heteroatoms. The molecule has 0 saturated carbocycles. The van der Waals surface area contributed by atoms with Gasteiger partial charge in [-0.3, -0.25) is 14.4 Å². The number of carbonyl (C=O) groups is 3. The summed E-state index contributed by atoms with van der Waals surface area (Å²) in [5.74, 6) is -0.761. The van der Waals surface area contributed by atoms with Crippen LogP contribution in [0.2, 0.25) is 0 Å². The van der Waals surface area contributed by atoms with Gasteiger partial charge in [0, 0.05) is 11.6 Å². The summed E-state index contributed by atoms with van der Waals surface area (Å²) in [5.41, 5.74) is 0.294. The van der Waals surface area contributed by atoms with Crippen molar-refractivity contribution in [2.45, 2.75) is 19.9 Å². The second-order valence-electron chi connectivity index (χ2n) is 5.59. The Morgan fingerprint density at radius 3 is 2.00 bits per heavy atom. The van der Waals surface area contributed by atoms with Crippen LogP contribution in [-0.4, -0.2) is 51.7 Å². The van der Waals surface area contributed by atoms with Gasteiger partial charge in [-0.1, -0.05) is 13.8 Å². The van der Waals surface area contributed by atoms with E-state index in [-0.39, 0.29) is 12.5 Å². The van der Waals surface area contributed by atoms with Gasteiger partial charge in [-0.05, 0) is 18.1 Å². The molecule has 1 aromatic rings. The van der Waals surface area contributed by atoms with E-state index >= 15 is 0 Å². The average Bonchev–Trinajstić information content (AvgIpc) is 2.62. The van der Waals surface area contributed by atoms with Crippen molar-refractivity contribution in [2.24, 2.45) is 5.92 Å². The summed E-state index contributed by atoms with van der Waals surface area (Å²) in [5, 5.41) is 5.10. The van der Waals surface area contributed by atoms with Crippen LogP contribution in [0.15, 0.2) is 18.2 Å². The van der Waals surface area contributed by atoms with Gasteiger partial charge in [-0.25, -0.2) is 0 Å². The lowest BCUT2D eigenvalue weighted by Gasteiger charge is -2.21. The van der Waals surface area contributed by atoms with Gasteiger partial charge in [0.15, 0.2) is 0 Å². The van der Waals surface area contributed by atoms with Crippen LogP contribution in [0, 0.1) is 5.92 Å². The summed E-state index contributed by atoms with van der Waals surface area (Å²) in [6.07, 6.45) is 0. The molecule has 1 aromatic carbocycles. The van der Waals surface area contributed by atoms with Crippen LogP contribution in [0.5, 0.6) is 11.5 Å². The number of hydrogen-bond donors (Lipinski definition) is 2. The Bertz CT molecular complexity index is 607. The fraction of sp³-hybridized carbons (Fsp3) is 0.471. The number of benzene rings is 1. The number of rotatable bonds is 8. The lowest BCUT2D eigenvalue weighted by atomic mass is 10.0. The van der Waals surface area contributed by atoms with Crippen LogP contribution in [-0.2, 0) is 14.3 Å². The highest BCUT2D eigenvalue weighted by atomic mass is 16.5. The van der Waals surface area contributed by atoms with Gasteiger partial charge in [0.05, 0.1) is 21.3 Å². The summed E-state index contributed by atoms with van der Waals surface area (Å²) < 4.78 is 14.7. The van der Waals surface area contributed by atoms with Gasteiger partial charge >= 0.3 is 5.97 Å². The minimum Gasteiger partial charge on any atom is -0.497 e. The summed E-state index contributed by atoms with van der Waals surface area (Å²) in [6.45, 7) is 3.31. The molecule has 0 bridgehead atoms. The van der Waals surface area contributed by atoms with E-state index in [0.717, 1.165) is 0 Å². The van der Waals surface area contributed by atoms with Gasteiger partial charge in [-0.15, -0.1) is 0 Å². The molecule has 0 radical (unpaired) electrons. The molecule has 138 valence electrons. The molecule has 0 aromatic heterocycles. The first-order valence-corrected chi connectivity index (χ1v) is 7.70. The lowest BCUT2D eigenvalue weighted by molar-refractivity contribution is -0.141. The average molecular weight is 352 g/mol. The molecule has 8 nitrogen and oxygen atoms in total. The summed E-state index contributed by atoms with van der Waals surface area (Å²) in [7, 11) is 4.19. The maximum absolute atomic E-state index is 12.5. The highest BCUT2D eigenvalue weighted by Crippen LogP contribution is 2.22. The number of esters is 1. The van der Waals surface area contributed by atoms with Crippen LogP contribution in [0.4, 0.5) is 0 Å². The van der Waals surface area contributed by atoms with Crippen molar-refractivity contribution in [1.29, 1.82) is 0 Å². The molecule has 0 spiro atoms. The van der Waals surface area contributed by atoms with Crippen molar-refractivity contribution in [2.75, 3.05) is 27.9 Å². The van der Waals surface area contributed by atoms with Crippen LogP contribution in [0.1, 0.15) is 24.2 Å². The smallest absolute Gasteiger partial charge is 0.325 e. The Kier molecular flexibility index (Phi) is 7.71. The lowest BCUT2D eigenvalue weighted by Crippen LogP contribution is -2.50. The van der Waals surface area contributed by atoms with Crippen molar-refractivity contribution < 1.29 is 28.6 Å². The molecule has 0 aliphatic carbocycles. The monoisotopic (exact) mass is 352 g/mol. The highest BCUT2D eigenvalue weighted by Gasteiger charge is 2.25. The molecule has 0 heterocycles. The van der Waals surface area contributed by atoms with E-state index in [1.165, 1.54) is 21.3 Å². The van der Waals surface area contributed by atoms with Gasteiger partial charge in [-0.2, -0.15) is 0 Å². The van der Waals surface area contributed by atoms with Crippen molar-refractivity contribution in [3.63, 3.8) is 0 Å². The largest absolute Gasteiger partial charge is 0.497 e. The van der Waals surface area contributed by atoms with Crippen molar-refractivity contribution in [3.05, 3.63) is 23.8 Å². The minimum absolute atomic E-state index is 0.186. The van der Waals surface area contributed by atoms with Crippen LogP contribution in [0.25, 0.3) is 0 Å². The van der Waals surface area contributed by atoms with Crippen molar-refractivity contribution in [1.82, 2.24) is 10.6 Å². The van der Waals surface area contributed by atoms with Crippen LogP contribution >= 0.6 is 0 Å². The molecule has 2 N–H and O–H groups in total. The fourth-order valence-electron chi connectivity index (χ4n) is 2.04. The third-order valence-electron chi connectivity index (χ3n) is 3.48. The van der Waals surface area contributed by atoms with Crippen LogP contribution < -0.4 is 20.1 Å². The molecule has 0 saturated heterocycles. The van der Waals surface area contributed by atoms with E-state index in [9.17, 15) is 14.4 Å². The standard InChI is InChI=1S/C17H24N2O6/c1-10(2)15(17(22)18-9-14(20)25-5)19-16(21)11-6-12(23-3)8-13(7-11)24-4/h6-8,10,15H,9H2,1-5H3,(H,18,22)(H,19,21). The quantitative estimate of drug-likeness (QED) is 0.669. The zero-order chi connectivity index (χ0) is 19.0. The Morgan fingerprint density at radius 1 is 1.00 bits per heavy atom. The topological polar surface area (TPSA) is 103 Å². The third-order valence-corrected chi connectivity index (χ3v) is 3.48. The molecule has 25 heavy (non-hydrogen) atoms. The SMILES string of the molecule is COC(=O)CNC(=O)C(NC(=O)c1cc(OC)cc(OC)c1)C(C)C. The molecule has 0 aliphatic rings. The first-order chi connectivity index (χ1) is 11.8. The van der Waals surface area contributed by atoms with E-state index in [4.69, 9.17) is 9.47 Å². The number of ether oxygens (including phenoxy) is 3. The van der Waals surface area contributed by atoms with E-state index in [0.29, 0.717) is 17.1 Å². The number of nitrogens with one attached hydrogen (secondary N) is 2. The second kappa shape index (κ2) is 9.51. The Morgan fingerprint density at radius 2 is 1.56 bits per heavy atom. The zero-order valence-corrected chi connectivity index (χ0v) is 15.0. The Labute approximate surface area is 146 Å². The van der Waals surface area contributed by atoms with Crippen molar-refractivity contribution in [3.8, 4) is 11.5 Å². The summed E-state index contributed by atoms with van der Waals surface area (Å²) in [4.78, 5) is 35.9. The van der Waals surface area contributed by atoms with E-state index in [2.05, 4.69) is 15.4 Å². The molecule has 1 rings (SSSR count). The number of methoxy groups -OCH3 is 3. The molecule has 0 aliphatic heterocycles. The van der Waals surface area contributed by atoms with Crippen molar-refractivity contribution >= 4 is 17.8 Å². The van der Waals surface area contributed by atoms with Gasteiger partial charge in [0.25, 0.3) is 5.91 Å². The number of hydrogen-bond acceptors (Lipinski definition) is 6.